The molecule has 3 aromatic carbocycles. The van der Waals surface area contributed by atoms with Crippen molar-refractivity contribution in [3.8, 4) is 5.75 Å². The highest BCUT2D eigenvalue weighted by molar-refractivity contribution is 5.94. The fraction of sp³-hybridized carbons (Fsp3) is 0.192. The molecule has 3 aromatic rings. The fourth-order valence-electron chi connectivity index (χ4n) is 2.99. The first-order valence-electron chi connectivity index (χ1n) is 10.5. The SMILES string of the molecule is Cc1ccc(C)c(NC(=O)CCC(=O)N/N=C/c2ccccc2OCc2ccccc2)c1. The van der Waals surface area contributed by atoms with E-state index in [0.717, 1.165) is 27.9 Å². The maximum atomic E-state index is 12.2. The first-order valence-corrected chi connectivity index (χ1v) is 10.5. The number of hydrogen-bond donors (Lipinski definition) is 2. The summed E-state index contributed by atoms with van der Waals surface area (Å²) in [7, 11) is 0. The summed E-state index contributed by atoms with van der Waals surface area (Å²) < 4.78 is 5.88. The lowest BCUT2D eigenvalue weighted by Crippen LogP contribution is -2.21. The van der Waals surface area contributed by atoms with E-state index in [9.17, 15) is 9.59 Å². The number of benzene rings is 3. The minimum absolute atomic E-state index is 0.0419. The molecule has 6 nitrogen and oxygen atoms in total. The van der Waals surface area contributed by atoms with E-state index >= 15 is 0 Å². The van der Waals surface area contributed by atoms with Crippen molar-refractivity contribution >= 4 is 23.7 Å². The van der Waals surface area contributed by atoms with E-state index in [1.165, 1.54) is 6.21 Å². The summed E-state index contributed by atoms with van der Waals surface area (Å²) in [5, 5.41) is 6.86. The minimum Gasteiger partial charge on any atom is -0.488 e. The molecule has 0 bridgehead atoms. The quantitative estimate of drug-likeness (QED) is 0.380. The van der Waals surface area contributed by atoms with Crippen molar-refractivity contribution in [1.82, 2.24) is 5.43 Å². The average molecular weight is 430 g/mol. The van der Waals surface area contributed by atoms with Crippen molar-refractivity contribution in [1.29, 1.82) is 0 Å². The van der Waals surface area contributed by atoms with Crippen molar-refractivity contribution < 1.29 is 14.3 Å². The lowest BCUT2D eigenvalue weighted by molar-refractivity contribution is -0.124. The van der Waals surface area contributed by atoms with Gasteiger partial charge >= 0.3 is 0 Å². The third-order valence-electron chi connectivity index (χ3n) is 4.80. The second-order valence-corrected chi connectivity index (χ2v) is 7.47. The molecule has 0 saturated carbocycles. The van der Waals surface area contributed by atoms with E-state index in [1.807, 2.05) is 86.6 Å². The van der Waals surface area contributed by atoms with Crippen LogP contribution in [0, 0.1) is 13.8 Å². The van der Waals surface area contributed by atoms with Gasteiger partial charge in [-0.05, 0) is 48.7 Å². The molecule has 0 fully saturated rings. The van der Waals surface area contributed by atoms with Crippen LogP contribution in [0.2, 0.25) is 0 Å². The summed E-state index contributed by atoms with van der Waals surface area (Å²) in [6.45, 7) is 4.33. The van der Waals surface area contributed by atoms with Crippen molar-refractivity contribution in [2.45, 2.75) is 33.3 Å². The maximum absolute atomic E-state index is 12.2. The molecule has 0 radical (unpaired) electrons. The summed E-state index contributed by atoms with van der Waals surface area (Å²) in [4.78, 5) is 24.2. The molecule has 32 heavy (non-hydrogen) atoms. The molecule has 0 aliphatic carbocycles. The molecule has 3 rings (SSSR count). The Kier molecular flexibility index (Phi) is 8.15. The Morgan fingerprint density at radius 1 is 0.906 bits per heavy atom. The van der Waals surface area contributed by atoms with Gasteiger partial charge in [0.15, 0.2) is 0 Å². The van der Waals surface area contributed by atoms with Crippen LogP contribution in [-0.2, 0) is 16.2 Å². The zero-order chi connectivity index (χ0) is 22.8. The summed E-state index contributed by atoms with van der Waals surface area (Å²) in [6.07, 6.45) is 1.65. The lowest BCUT2D eigenvalue weighted by Gasteiger charge is -2.09. The second-order valence-electron chi connectivity index (χ2n) is 7.47. The van der Waals surface area contributed by atoms with Gasteiger partial charge in [-0.2, -0.15) is 5.10 Å². The van der Waals surface area contributed by atoms with Gasteiger partial charge < -0.3 is 10.1 Å². The number of anilines is 1. The van der Waals surface area contributed by atoms with Crippen LogP contribution in [0.5, 0.6) is 5.75 Å². The second kappa shape index (κ2) is 11.5. The summed E-state index contributed by atoms with van der Waals surface area (Å²) in [6, 6.07) is 23.2. The Morgan fingerprint density at radius 2 is 1.62 bits per heavy atom. The van der Waals surface area contributed by atoms with Gasteiger partial charge in [-0.25, -0.2) is 5.43 Å². The number of amides is 2. The number of hydrogen-bond acceptors (Lipinski definition) is 4. The Hall–Kier alpha value is -3.93. The van der Waals surface area contributed by atoms with Crippen molar-refractivity contribution in [2.24, 2.45) is 5.10 Å². The van der Waals surface area contributed by atoms with E-state index in [0.29, 0.717) is 12.4 Å². The van der Waals surface area contributed by atoms with E-state index < -0.39 is 0 Å². The number of nitrogens with one attached hydrogen (secondary N) is 2. The molecule has 0 aliphatic heterocycles. The van der Waals surface area contributed by atoms with Crippen LogP contribution in [-0.4, -0.2) is 18.0 Å². The zero-order valence-corrected chi connectivity index (χ0v) is 18.3. The van der Waals surface area contributed by atoms with Gasteiger partial charge in [0.2, 0.25) is 11.8 Å². The van der Waals surface area contributed by atoms with E-state index in [-0.39, 0.29) is 24.7 Å². The maximum Gasteiger partial charge on any atom is 0.240 e. The molecule has 2 N–H and O–H groups in total. The minimum atomic E-state index is -0.333. The molecule has 0 heterocycles. The highest BCUT2D eigenvalue weighted by atomic mass is 16.5. The summed E-state index contributed by atoms with van der Waals surface area (Å²) in [5.41, 5.74) is 7.08. The molecule has 6 heteroatoms. The van der Waals surface area contributed by atoms with Crippen molar-refractivity contribution in [3.63, 3.8) is 0 Å². The van der Waals surface area contributed by atoms with Crippen LogP contribution in [0.3, 0.4) is 0 Å². The van der Waals surface area contributed by atoms with E-state index in [2.05, 4.69) is 15.8 Å². The summed E-state index contributed by atoms with van der Waals surface area (Å²) >= 11 is 0. The smallest absolute Gasteiger partial charge is 0.240 e. The Morgan fingerprint density at radius 3 is 2.44 bits per heavy atom. The molecule has 0 atom stereocenters. The highest BCUT2D eigenvalue weighted by Crippen LogP contribution is 2.18. The Balaban J connectivity index is 1.47. The molecule has 0 aromatic heterocycles. The van der Waals surface area contributed by atoms with Gasteiger partial charge in [-0.1, -0.05) is 54.6 Å². The molecule has 0 saturated heterocycles. The van der Waals surface area contributed by atoms with E-state index in [1.54, 1.807) is 0 Å². The monoisotopic (exact) mass is 429 g/mol. The van der Waals surface area contributed by atoms with Crippen LogP contribution in [0.15, 0.2) is 77.9 Å². The van der Waals surface area contributed by atoms with Crippen LogP contribution < -0.4 is 15.5 Å². The largest absolute Gasteiger partial charge is 0.488 e. The van der Waals surface area contributed by atoms with Gasteiger partial charge in [0.1, 0.15) is 12.4 Å². The van der Waals surface area contributed by atoms with Gasteiger partial charge in [0.05, 0.1) is 6.21 Å². The molecule has 0 aliphatic rings. The number of nitrogens with zero attached hydrogens (tertiary/aromatic N) is 1. The topological polar surface area (TPSA) is 79.8 Å². The molecular formula is C26H27N3O3. The first-order chi connectivity index (χ1) is 15.5. The molecule has 0 spiro atoms. The molecule has 0 unspecified atom stereocenters. The lowest BCUT2D eigenvalue weighted by atomic mass is 10.1. The Labute approximate surface area is 188 Å². The van der Waals surface area contributed by atoms with Crippen LogP contribution in [0.4, 0.5) is 5.69 Å². The number of aryl methyl sites for hydroxylation is 2. The fourth-order valence-corrected chi connectivity index (χ4v) is 2.99. The number of carbonyl (C=O) groups is 2. The van der Waals surface area contributed by atoms with Crippen LogP contribution >= 0.6 is 0 Å². The predicted octanol–water partition coefficient (Wildman–Crippen LogP) is 4.75. The number of hydrazone groups is 1. The third kappa shape index (κ3) is 7.09. The third-order valence-corrected chi connectivity index (χ3v) is 4.80. The Bertz CT molecular complexity index is 1090. The number of rotatable bonds is 9. The molecule has 164 valence electrons. The zero-order valence-electron chi connectivity index (χ0n) is 18.3. The van der Waals surface area contributed by atoms with Gasteiger partial charge in [-0.3, -0.25) is 9.59 Å². The number of ether oxygens (including phenoxy) is 1. The van der Waals surface area contributed by atoms with Crippen molar-refractivity contribution in [2.75, 3.05) is 5.32 Å². The van der Waals surface area contributed by atoms with Gasteiger partial charge in [0.25, 0.3) is 0 Å². The highest BCUT2D eigenvalue weighted by Gasteiger charge is 2.08. The normalized spacial score (nSPS) is 10.7. The number of para-hydroxylation sites is 1. The van der Waals surface area contributed by atoms with E-state index in [4.69, 9.17) is 4.74 Å². The van der Waals surface area contributed by atoms with Crippen molar-refractivity contribution in [3.05, 3.63) is 95.1 Å². The summed E-state index contributed by atoms with van der Waals surface area (Å²) in [5.74, 6) is 0.125. The number of carbonyl (C=O) groups excluding carboxylic acids is 2. The molecule has 2 amide bonds. The van der Waals surface area contributed by atoms with Crippen LogP contribution in [0.1, 0.15) is 35.1 Å². The predicted molar refractivity (Wildman–Crippen MR) is 127 cm³/mol. The van der Waals surface area contributed by atoms with Gasteiger partial charge in [0, 0.05) is 24.1 Å². The average Bonchev–Trinajstić information content (AvgIpc) is 2.80. The van der Waals surface area contributed by atoms with Crippen LogP contribution in [0.25, 0.3) is 0 Å². The first kappa shape index (κ1) is 22.7. The standard InChI is InChI=1S/C26H27N3O3/c1-19-12-13-20(2)23(16-19)28-25(30)14-15-26(31)29-27-17-22-10-6-7-11-24(22)32-18-21-8-4-3-5-9-21/h3-13,16-17H,14-15,18H2,1-2H3,(H,28,30)(H,29,31)/b27-17+. The molecular weight excluding hydrogens is 402 g/mol. The van der Waals surface area contributed by atoms with Gasteiger partial charge in [-0.15, -0.1) is 0 Å².